The monoisotopic (exact) mass is 767 g/mol. The van der Waals surface area contributed by atoms with Crippen molar-refractivity contribution in [3.63, 3.8) is 0 Å². The normalized spacial score (nSPS) is 23.8. The van der Waals surface area contributed by atoms with Gasteiger partial charge >= 0.3 is 0 Å². The first-order chi connectivity index (χ1) is 27.7. The number of anilines is 2. The van der Waals surface area contributed by atoms with Crippen LogP contribution in [0.15, 0.2) is 84.9 Å². The van der Waals surface area contributed by atoms with E-state index in [1.54, 1.807) is 12.1 Å². The summed E-state index contributed by atoms with van der Waals surface area (Å²) in [5.74, 6) is 0.278. The Morgan fingerprint density at radius 1 is 0.754 bits per heavy atom. The number of fused-ring (bicyclic) bond motifs is 3. The molecule has 0 aromatic heterocycles. The Hall–Kier alpha value is -5.22. The number of imide groups is 1. The molecule has 2 N–H and O–H groups in total. The standard InChI is InChI=1S/C47H50FN5O4/c48-41-25-33(45-37(31-4-2-1-3-5-31)10-6-32-24-36(54)9-12-38(32)45)7-13-42(41)52-18-14-30(15-19-52)29-50-20-22-51(23-21-50)34-8-11-39-40(26-34)47(16-17-47)53(46(39)57)35-27-43(55)49-44(56)28-35/h1-5,7-9,11-13,24-26,30,35,37,45,54H,6,10,14-23,27-29H2,(H,49,55,56)/t37-,45+/m1/s1. The van der Waals surface area contributed by atoms with Crippen molar-refractivity contribution < 1.29 is 23.9 Å². The number of hydrogen-bond acceptors (Lipinski definition) is 7. The minimum atomic E-state index is -0.386. The third-order valence-corrected chi connectivity index (χ3v) is 14.0. The molecule has 3 saturated heterocycles. The van der Waals surface area contributed by atoms with Crippen molar-refractivity contribution in [1.82, 2.24) is 15.1 Å². The van der Waals surface area contributed by atoms with Gasteiger partial charge in [-0.25, -0.2) is 4.39 Å². The Balaban J connectivity index is 0.757. The highest BCUT2D eigenvalue weighted by atomic mass is 19.1. The van der Waals surface area contributed by atoms with Gasteiger partial charge in [0.2, 0.25) is 11.8 Å². The molecule has 2 atom stereocenters. The van der Waals surface area contributed by atoms with Crippen molar-refractivity contribution in [2.75, 3.05) is 55.6 Å². The molecule has 4 aromatic carbocycles. The van der Waals surface area contributed by atoms with Crippen LogP contribution in [0.25, 0.3) is 0 Å². The van der Waals surface area contributed by atoms with Gasteiger partial charge in [-0.05, 0) is 121 Å². The summed E-state index contributed by atoms with van der Waals surface area (Å²) in [7, 11) is 0. The van der Waals surface area contributed by atoms with Gasteiger partial charge in [0.25, 0.3) is 5.91 Å². The van der Waals surface area contributed by atoms with E-state index in [1.165, 1.54) is 11.1 Å². The number of rotatable bonds is 7. The van der Waals surface area contributed by atoms with Crippen LogP contribution in [0, 0.1) is 11.7 Å². The highest BCUT2D eigenvalue weighted by Gasteiger charge is 2.60. The number of phenols is 1. The van der Waals surface area contributed by atoms with Gasteiger partial charge in [-0.3, -0.25) is 24.6 Å². The maximum absolute atomic E-state index is 16.1. The zero-order chi connectivity index (χ0) is 38.8. The lowest BCUT2D eigenvalue weighted by Crippen LogP contribution is -2.51. The average molecular weight is 768 g/mol. The zero-order valence-corrected chi connectivity index (χ0v) is 32.3. The molecule has 2 aliphatic carbocycles. The van der Waals surface area contributed by atoms with Gasteiger partial charge in [-0.15, -0.1) is 0 Å². The number of carbonyl (C=O) groups is 3. The summed E-state index contributed by atoms with van der Waals surface area (Å²) in [6.45, 7) is 6.49. The van der Waals surface area contributed by atoms with Crippen molar-refractivity contribution in [2.24, 2.45) is 5.92 Å². The number of piperazine rings is 1. The maximum Gasteiger partial charge on any atom is 0.255 e. The summed E-state index contributed by atoms with van der Waals surface area (Å²) in [5.41, 5.74) is 7.78. The molecule has 1 spiro atoms. The van der Waals surface area contributed by atoms with Crippen LogP contribution in [0.4, 0.5) is 15.8 Å². The van der Waals surface area contributed by atoms with Gasteiger partial charge in [0.15, 0.2) is 0 Å². The molecule has 6 aliphatic rings. The Labute approximate surface area is 333 Å². The molecule has 4 aromatic rings. The SMILES string of the molecule is O=C1CC(N2C(=O)c3ccc(N4CCN(CC5CCN(c6ccc([C@@H]7c8ccc(O)cc8CC[C@@H]7c7ccccc7)cc6F)CC5)CC4)cc3C23CC3)CC(=O)N1. The Bertz CT molecular complexity index is 2210. The van der Waals surface area contributed by atoms with E-state index in [2.05, 4.69) is 62.5 Å². The van der Waals surface area contributed by atoms with Gasteiger partial charge in [0.1, 0.15) is 11.6 Å². The van der Waals surface area contributed by atoms with Crippen LogP contribution in [0.3, 0.4) is 0 Å². The second kappa shape index (κ2) is 14.3. The molecular weight excluding hydrogens is 718 g/mol. The molecule has 4 fully saturated rings. The van der Waals surface area contributed by atoms with Gasteiger partial charge in [-0.1, -0.05) is 42.5 Å². The summed E-state index contributed by atoms with van der Waals surface area (Å²) >= 11 is 0. The van der Waals surface area contributed by atoms with Crippen molar-refractivity contribution in [3.05, 3.63) is 124 Å². The Morgan fingerprint density at radius 2 is 1.51 bits per heavy atom. The third-order valence-electron chi connectivity index (χ3n) is 14.0. The number of aromatic hydroxyl groups is 1. The molecule has 57 heavy (non-hydrogen) atoms. The summed E-state index contributed by atoms with van der Waals surface area (Å²) in [6.07, 6.45) is 5.97. The molecule has 10 heteroatoms. The van der Waals surface area contributed by atoms with Gasteiger partial charge < -0.3 is 19.8 Å². The van der Waals surface area contributed by atoms with Gasteiger partial charge in [0.05, 0.1) is 17.3 Å². The molecule has 3 amide bonds. The van der Waals surface area contributed by atoms with Crippen LogP contribution < -0.4 is 15.1 Å². The smallest absolute Gasteiger partial charge is 0.255 e. The van der Waals surface area contributed by atoms with Gasteiger partial charge in [-0.2, -0.15) is 0 Å². The van der Waals surface area contributed by atoms with E-state index in [0.29, 0.717) is 17.2 Å². The average Bonchev–Trinajstić information content (AvgIpc) is 3.97. The summed E-state index contributed by atoms with van der Waals surface area (Å²) in [5, 5.41) is 12.6. The number of halogens is 1. The molecule has 0 bridgehead atoms. The summed E-state index contributed by atoms with van der Waals surface area (Å²) in [4.78, 5) is 47.1. The highest BCUT2D eigenvalue weighted by Crippen LogP contribution is 2.58. The van der Waals surface area contributed by atoms with Crippen molar-refractivity contribution >= 4 is 29.1 Å². The van der Waals surface area contributed by atoms with Crippen LogP contribution in [-0.4, -0.2) is 84.5 Å². The van der Waals surface area contributed by atoms with E-state index >= 15 is 4.39 Å². The third kappa shape index (κ3) is 6.55. The maximum atomic E-state index is 16.1. The first kappa shape index (κ1) is 36.1. The van der Waals surface area contributed by atoms with E-state index in [4.69, 9.17) is 0 Å². The fourth-order valence-electron chi connectivity index (χ4n) is 11.0. The minimum absolute atomic E-state index is 0.0175. The number of benzene rings is 4. The number of phenolic OH excluding ortho intramolecular Hbond substituents is 1. The number of hydrogen-bond donors (Lipinski definition) is 2. The molecule has 10 rings (SSSR count). The second-order valence-electron chi connectivity index (χ2n) is 17.3. The van der Waals surface area contributed by atoms with Crippen molar-refractivity contribution in [1.29, 1.82) is 0 Å². The van der Waals surface area contributed by atoms with Crippen LogP contribution in [0.5, 0.6) is 5.75 Å². The molecule has 4 aliphatic heterocycles. The molecule has 294 valence electrons. The molecule has 9 nitrogen and oxygen atoms in total. The topological polar surface area (TPSA) is 96.4 Å². The van der Waals surface area contributed by atoms with E-state index < -0.39 is 0 Å². The van der Waals surface area contributed by atoms with Crippen molar-refractivity contribution in [2.45, 2.75) is 74.8 Å². The minimum Gasteiger partial charge on any atom is -0.508 e. The van der Waals surface area contributed by atoms with Crippen LogP contribution in [0.2, 0.25) is 0 Å². The number of piperidine rings is 2. The fraction of sp³-hybridized carbons (Fsp3) is 0.426. The fourth-order valence-corrected chi connectivity index (χ4v) is 11.0. The van der Waals surface area contributed by atoms with E-state index in [0.717, 1.165) is 107 Å². The Morgan fingerprint density at radius 3 is 2.23 bits per heavy atom. The summed E-state index contributed by atoms with van der Waals surface area (Å²) in [6, 6.07) is 27.9. The van der Waals surface area contributed by atoms with Crippen molar-refractivity contribution in [3.8, 4) is 5.75 Å². The van der Waals surface area contributed by atoms with Gasteiger partial charge in [0, 0.05) is 75.8 Å². The lowest BCUT2D eigenvalue weighted by atomic mass is 9.69. The summed E-state index contributed by atoms with van der Waals surface area (Å²) < 4.78 is 16.1. The lowest BCUT2D eigenvalue weighted by Gasteiger charge is -2.40. The lowest BCUT2D eigenvalue weighted by molar-refractivity contribution is -0.135. The molecule has 1 saturated carbocycles. The van der Waals surface area contributed by atoms with E-state index in [-0.39, 0.29) is 65.5 Å². The number of carbonyl (C=O) groups excluding carboxylic acids is 3. The van der Waals surface area contributed by atoms with E-state index in [1.807, 2.05) is 35.2 Å². The predicted molar refractivity (Wildman–Crippen MR) is 217 cm³/mol. The number of amides is 3. The predicted octanol–water partition coefficient (Wildman–Crippen LogP) is 6.68. The second-order valence-corrected chi connectivity index (χ2v) is 17.3. The van der Waals surface area contributed by atoms with E-state index in [9.17, 15) is 19.5 Å². The zero-order valence-electron chi connectivity index (χ0n) is 32.3. The van der Waals surface area contributed by atoms with Crippen LogP contribution in [-0.2, 0) is 21.5 Å². The Kier molecular flexibility index (Phi) is 9.07. The first-order valence-electron chi connectivity index (χ1n) is 20.9. The molecular formula is C47H50FN5O4. The van der Waals surface area contributed by atoms with Crippen LogP contribution >= 0.6 is 0 Å². The molecule has 0 unspecified atom stereocenters. The molecule has 0 radical (unpaired) electrons. The number of nitrogens with one attached hydrogen (secondary N) is 1. The quantitative estimate of drug-likeness (QED) is 0.203. The number of nitrogens with zero attached hydrogens (tertiary/aromatic N) is 4. The largest absolute Gasteiger partial charge is 0.508 e. The molecule has 4 heterocycles. The highest BCUT2D eigenvalue weighted by molar-refractivity contribution is 6.04. The number of aryl methyl sites for hydroxylation is 1. The van der Waals surface area contributed by atoms with Crippen LogP contribution in [0.1, 0.15) is 95.0 Å². The first-order valence-corrected chi connectivity index (χ1v) is 20.9.